The number of anilines is 2. The fourth-order valence-electron chi connectivity index (χ4n) is 5.23. The van der Waals surface area contributed by atoms with Crippen molar-refractivity contribution < 1.29 is 18.4 Å². The minimum Gasteiger partial charge on any atom is -0.326 e. The SMILES string of the molecule is CC(=O)Nc1cccc(-c2ccc3c(c2)[C@H](NCCCc2ccc(C(C)(F)F)cc2)C[C@H](C)N3C(C)=O)c1. The van der Waals surface area contributed by atoms with Crippen LogP contribution < -0.4 is 15.5 Å². The Bertz CT molecular complexity index is 1300. The number of carbonyl (C=O) groups is 2. The summed E-state index contributed by atoms with van der Waals surface area (Å²) in [7, 11) is 0. The lowest BCUT2D eigenvalue weighted by Crippen LogP contribution is -2.44. The molecule has 1 aliphatic rings. The van der Waals surface area contributed by atoms with Gasteiger partial charge in [-0.3, -0.25) is 9.59 Å². The number of nitrogens with one attached hydrogen (secondary N) is 2. The number of fused-ring (bicyclic) bond motifs is 1. The second-order valence-corrected chi connectivity index (χ2v) is 10.2. The normalized spacial score (nSPS) is 17.2. The number of nitrogens with zero attached hydrogens (tertiary/aromatic N) is 1. The Morgan fingerprint density at radius 2 is 1.71 bits per heavy atom. The molecular weight excluding hydrogens is 484 g/mol. The monoisotopic (exact) mass is 519 g/mol. The fraction of sp³-hybridized carbons (Fsp3) is 0.355. The van der Waals surface area contributed by atoms with Crippen LogP contribution in [0.5, 0.6) is 0 Å². The minimum atomic E-state index is -2.83. The third kappa shape index (κ3) is 6.45. The van der Waals surface area contributed by atoms with Gasteiger partial charge in [-0.25, -0.2) is 8.78 Å². The van der Waals surface area contributed by atoms with E-state index in [9.17, 15) is 18.4 Å². The first-order chi connectivity index (χ1) is 18.0. The molecule has 3 aromatic carbocycles. The lowest BCUT2D eigenvalue weighted by atomic mass is 9.89. The number of alkyl halides is 2. The van der Waals surface area contributed by atoms with Crippen LogP contribution in [0.25, 0.3) is 11.1 Å². The zero-order valence-corrected chi connectivity index (χ0v) is 22.4. The maximum Gasteiger partial charge on any atom is 0.270 e. The highest BCUT2D eigenvalue weighted by Gasteiger charge is 2.32. The molecule has 7 heteroatoms. The average Bonchev–Trinajstić information content (AvgIpc) is 2.85. The third-order valence-electron chi connectivity index (χ3n) is 7.03. The van der Waals surface area contributed by atoms with E-state index in [1.807, 2.05) is 41.3 Å². The van der Waals surface area contributed by atoms with Crippen molar-refractivity contribution >= 4 is 23.2 Å². The average molecular weight is 520 g/mol. The van der Waals surface area contributed by atoms with Gasteiger partial charge in [0.1, 0.15) is 0 Å². The topological polar surface area (TPSA) is 61.4 Å². The van der Waals surface area contributed by atoms with Crippen LogP contribution in [0, 0.1) is 0 Å². The van der Waals surface area contributed by atoms with E-state index in [-0.39, 0.29) is 29.5 Å². The van der Waals surface area contributed by atoms with E-state index in [4.69, 9.17) is 0 Å². The van der Waals surface area contributed by atoms with Crippen LogP contribution in [0.3, 0.4) is 0 Å². The zero-order chi connectivity index (χ0) is 27.4. The third-order valence-corrected chi connectivity index (χ3v) is 7.03. The molecule has 1 heterocycles. The van der Waals surface area contributed by atoms with Crippen LogP contribution in [0.1, 0.15) is 63.3 Å². The molecule has 0 saturated heterocycles. The molecule has 0 unspecified atom stereocenters. The maximum atomic E-state index is 13.5. The standard InChI is InChI=1S/C31H35F2N3O2/c1-20-17-29(34-16-6-7-23-10-13-26(14-11-23)31(4,32)33)28-19-25(12-15-30(28)36(20)22(3)38)24-8-5-9-27(18-24)35-21(2)37/h5,8-15,18-20,29,34H,6-7,16-17H2,1-4H3,(H,35,37)/t20-,29+/m0/s1. The van der Waals surface area contributed by atoms with Gasteiger partial charge in [0, 0.05) is 49.8 Å². The highest BCUT2D eigenvalue weighted by atomic mass is 19.3. The number of hydrogen-bond acceptors (Lipinski definition) is 3. The van der Waals surface area contributed by atoms with Gasteiger partial charge in [-0.05, 0) is 79.3 Å². The predicted molar refractivity (Wildman–Crippen MR) is 148 cm³/mol. The molecule has 2 N–H and O–H groups in total. The van der Waals surface area contributed by atoms with Crippen LogP contribution in [0.2, 0.25) is 0 Å². The molecule has 0 aliphatic carbocycles. The Labute approximate surface area is 223 Å². The molecule has 38 heavy (non-hydrogen) atoms. The second kappa shape index (κ2) is 11.4. The Balaban J connectivity index is 1.51. The van der Waals surface area contributed by atoms with Gasteiger partial charge in [-0.15, -0.1) is 0 Å². The molecule has 200 valence electrons. The summed E-state index contributed by atoms with van der Waals surface area (Å²) in [5.41, 5.74) is 5.75. The Morgan fingerprint density at radius 3 is 2.37 bits per heavy atom. The Hall–Kier alpha value is -3.58. The van der Waals surface area contributed by atoms with Gasteiger partial charge < -0.3 is 15.5 Å². The molecule has 2 atom stereocenters. The van der Waals surface area contributed by atoms with Gasteiger partial charge in [-0.1, -0.05) is 42.5 Å². The molecule has 3 aromatic rings. The number of carbonyl (C=O) groups excluding carboxylic acids is 2. The smallest absolute Gasteiger partial charge is 0.270 e. The largest absolute Gasteiger partial charge is 0.326 e. The zero-order valence-electron chi connectivity index (χ0n) is 22.4. The molecule has 1 aliphatic heterocycles. The lowest BCUT2D eigenvalue weighted by Gasteiger charge is -2.39. The van der Waals surface area contributed by atoms with E-state index in [0.29, 0.717) is 0 Å². The van der Waals surface area contributed by atoms with Crippen molar-refractivity contribution in [1.82, 2.24) is 5.32 Å². The van der Waals surface area contributed by atoms with Gasteiger partial charge in [-0.2, -0.15) is 0 Å². The Morgan fingerprint density at radius 1 is 1.00 bits per heavy atom. The van der Waals surface area contributed by atoms with Gasteiger partial charge >= 0.3 is 0 Å². The van der Waals surface area contributed by atoms with Gasteiger partial charge in [0.05, 0.1) is 0 Å². The molecule has 4 rings (SSSR count). The number of hydrogen-bond donors (Lipinski definition) is 2. The first-order valence-electron chi connectivity index (χ1n) is 13.1. The molecule has 2 amide bonds. The summed E-state index contributed by atoms with van der Waals surface area (Å²) in [6.45, 7) is 6.81. The molecule has 5 nitrogen and oxygen atoms in total. The summed E-state index contributed by atoms with van der Waals surface area (Å²) < 4.78 is 27.0. The molecule has 0 aromatic heterocycles. The molecule has 0 radical (unpaired) electrons. The van der Waals surface area contributed by atoms with Crippen molar-refractivity contribution in [2.24, 2.45) is 0 Å². The van der Waals surface area contributed by atoms with E-state index in [0.717, 1.165) is 66.4 Å². The summed E-state index contributed by atoms with van der Waals surface area (Å²) in [5, 5.41) is 6.51. The van der Waals surface area contributed by atoms with Crippen LogP contribution >= 0.6 is 0 Å². The highest BCUT2D eigenvalue weighted by molar-refractivity contribution is 5.94. The lowest BCUT2D eigenvalue weighted by molar-refractivity contribution is -0.117. The summed E-state index contributed by atoms with van der Waals surface area (Å²) in [6, 6.07) is 20.5. The van der Waals surface area contributed by atoms with E-state index >= 15 is 0 Å². The first-order valence-corrected chi connectivity index (χ1v) is 13.1. The summed E-state index contributed by atoms with van der Waals surface area (Å²) in [5.74, 6) is -2.94. The van der Waals surface area contributed by atoms with Crippen molar-refractivity contribution in [3.8, 4) is 11.1 Å². The van der Waals surface area contributed by atoms with Crippen LogP contribution in [-0.4, -0.2) is 24.4 Å². The minimum absolute atomic E-state index is 0.0127. The maximum absolute atomic E-state index is 13.5. The molecular formula is C31H35F2N3O2. The summed E-state index contributed by atoms with van der Waals surface area (Å²) in [4.78, 5) is 25.9. The Kier molecular flexibility index (Phi) is 8.26. The van der Waals surface area contributed by atoms with Gasteiger partial charge in [0.15, 0.2) is 0 Å². The quantitative estimate of drug-likeness (QED) is 0.321. The van der Waals surface area contributed by atoms with Crippen LogP contribution in [-0.2, 0) is 21.9 Å². The van der Waals surface area contributed by atoms with Crippen molar-refractivity contribution in [1.29, 1.82) is 0 Å². The molecule has 0 saturated carbocycles. The van der Waals surface area contributed by atoms with Crippen LogP contribution in [0.4, 0.5) is 20.2 Å². The van der Waals surface area contributed by atoms with Crippen molar-refractivity contribution in [3.63, 3.8) is 0 Å². The first kappa shape index (κ1) is 27.5. The number of benzene rings is 3. The fourth-order valence-corrected chi connectivity index (χ4v) is 5.23. The van der Waals surface area contributed by atoms with Gasteiger partial charge in [0.25, 0.3) is 5.92 Å². The number of rotatable bonds is 8. The number of amides is 2. The number of halogens is 2. The van der Waals surface area contributed by atoms with Crippen molar-refractivity contribution in [3.05, 3.63) is 83.4 Å². The van der Waals surface area contributed by atoms with Crippen molar-refractivity contribution in [2.75, 3.05) is 16.8 Å². The second-order valence-electron chi connectivity index (χ2n) is 10.2. The van der Waals surface area contributed by atoms with E-state index in [1.54, 1.807) is 19.1 Å². The molecule has 0 spiro atoms. The van der Waals surface area contributed by atoms with Crippen LogP contribution in [0.15, 0.2) is 66.7 Å². The van der Waals surface area contributed by atoms with E-state index < -0.39 is 5.92 Å². The van der Waals surface area contributed by atoms with E-state index in [1.165, 1.54) is 19.1 Å². The molecule has 0 fully saturated rings. The van der Waals surface area contributed by atoms with Crippen molar-refractivity contribution in [2.45, 2.75) is 65.0 Å². The number of aryl methyl sites for hydroxylation is 1. The predicted octanol–water partition coefficient (Wildman–Crippen LogP) is 6.83. The molecule has 0 bridgehead atoms. The van der Waals surface area contributed by atoms with Gasteiger partial charge in [0.2, 0.25) is 11.8 Å². The highest BCUT2D eigenvalue weighted by Crippen LogP contribution is 2.40. The summed E-state index contributed by atoms with van der Waals surface area (Å²) in [6.07, 6.45) is 2.42. The van der Waals surface area contributed by atoms with E-state index in [2.05, 4.69) is 23.6 Å². The summed E-state index contributed by atoms with van der Waals surface area (Å²) >= 11 is 0.